The Labute approximate surface area is 131 Å². The molecule has 0 saturated carbocycles. The van der Waals surface area contributed by atoms with Gasteiger partial charge in [-0.2, -0.15) is 0 Å². The Morgan fingerprint density at radius 1 is 1.32 bits per heavy atom. The Bertz CT molecular complexity index is 666. The number of ether oxygens (including phenoxy) is 1. The van der Waals surface area contributed by atoms with Crippen molar-refractivity contribution in [2.24, 2.45) is 0 Å². The fourth-order valence-electron chi connectivity index (χ4n) is 2.20. The number of rotatable bonds is 4. The number of amides is 2. The van der Waals surface area contributed by atoms with Crippen molar-refractivity contribution in [1.82, 2.24) is 4.98 Å². The molecule has 1 atom stereocenters. The molecule has 114 valence electrons. The van der Waals surface area contributed by atoms with Crippen molar-refractivity contribution in [3.8, 4) is 0 Å². The summed E-state index contributed by atoms with van der Waals surface area (Å²) in [5.41, 5.74) is 1.03. The smallest absolute Gasteiger partial charge is 0.257 e. The first-order valence-corrected chi connectivity index (χ1v) is 7.84. The minimum atomic E-state index is -0.396. The standard InChI is InChI=1S/C15H15N3O3S/c19-13(18-15-16-6-8-22-15)10-3-1-4-11(9-10)17-14(20)12-5-2-7-21-12/h1,3-4,6,8-9,12H,2,5,7H2,(H,17,20)(H,16,18,19)/t12-/m0/s1. The zero-order valence-electron chi connectivity index (χ0n) is 11.7. The van der Waals surface area contributed by atoms with Gasteiger partial charge in [0.2, 0.25) is 0 Å². The van der Waals surface area contributed by atoms with E-state index in [-0.39, 0.29) is 11.8 Å². The maximum absolute atomic E-state index is 12.1. The molecule has 3 rings (SSSR count). The van der Waals surface area contributed by atoms with E-state index in [9.17, 15) is 9.59 Å². The molecule has 0 spiro atoms. The Kier molecular flexibility index (Phi) is 4.45. The summed E-state index contributed by atoms with van der Waals surface area (Å²) >= 11 is 1.35. The molecule has 1 saturated heterocycles. The highest BCUT2D eigenvalue weighted by Gasteiger charge is 2.23. The summed E-state index contributed by atoms with van der Waals surface area (Å²) in [6.07, 6.45) is 2.86. The number of hydrogen-bond donors (Lipinski definition) is 2. The van der Waals surface area contributed by atoms with Crippen LogP contribution in [-0.2, 0) is 9.53 Å². The van der Waals surface area contributed by atoms with Crippen LogP contribution < -0.4 is 10.6 Å². The van der Waals surface area contributed by atoms with E-state index in [0.717, 1.165) is 12.8 Å². The van der Waals surface area contributed by atoms with Crippen molar-refractivity contribution in [3.05, 3.63) is 41.4 Å². The summed E-state index contributed by atoms with van der Waals surface area (Å²) in [6, 6.07) is 6.79. The molecule has 22 heavy (non-hydrogen) atoms. The molecule has 0 bridgehead atoms. The quantitative estimate of drug-likeness (QED) is 0.908. The third kappa shape index (κ3) is 3.49. The van der Waals surface area contributed by atoms with Crippen molar-refractivity contribution in [1.29, 1.82) is 0 Å². The maximum Gasteiger partial charge on any atom is 0.257 e. The highest BCUT2D eigenvalue weighted by atomic mass is 32.1. The molecule has 0 radical (unpaired) electrons. The van der Waals surface area contributed by atoms with Gasteiger partial charge >= 0.3 is 0 Å². The van der Waals surface area contributed by atoms with E-state index < -0.39 is 6.10 Å². The summed E-state index contributed by atoms with van der Waals surface area (Å²) in [5, 5.41) is 7.81. The Morgan fingerprint density at radius 3 is 2.95 bits per heavy atom. The molecule has 7 heteroatoms. The third-order valence-corrected chi connectivity index (χ3v) is 3.96. The van der Waals surface area contributed by atoms with Gasteiger partial charge in [-0.15, -0.1) is 11.3 Å². The maximum atomic E-state index is 12.1. The molecule has 1 aromatic carbocycles. The first-order valence-electron chi connectivity index (χ1n) is 6.96. The minimum Gasteiger partial charge on any atom is -0.368 e. The van der Waals surface area contributed by atoms with Crippen LogP contribution in [0.25, 0.3) is 0 Å². The molecule has 1 fully saturated rings. The lowest BCUT2D eigenvalue weighted by Gasteiger charge is -2.11. The van der Waals surface area contributed by atoms with Gasteiger partial charge in [0.1, 0.15) is 6.10 Å². The van der Waals surface area contributed by atoms with Gasteiger partial charge in [-0.05, 0) is 31.0 Å². The van der Waals surface area contributed by atoms with Gasteiger partial charge in [0, 0.05) is 29.4 Å². The van der Waals surface area contributed by atoms with Crippen LogP contribution in [0.1, 0.15) is 23.2 Å². The molecule has 2 heterocycles. The second-order valence-corrected chi connectivity index (χ2v) is 5.76. The fourth-order valence-corrected chi connectivity index (χ4v) is 2.72. The summed E-state index contributed by atoms with van der Waals surface area (Å²) < 4.78 is 5.34. The molecule has 2 N–H and O–H groups in total. The average molecular weight is 317 g/mol. The first-order chi connectivity index (χ1) is 10.7. The molecule has 2 aromatic rings. The normalized spacial score (nSPS) is 17.2. The molecule has 6 nitrogen and oxygen atoms in total. The van der Waals surface area contributed by atoms with Crippen LogP contribution in [0.5, 0.6) is 0 Å². The highest BCUT2D eigenvalue weighted by molar-refractivity contribution is 7.13. The lowest BCUT2D eigenvalue weighted by molar-refractivity contribution is -0.124. The van der Waals surface area contributed by atoms with Crippen LogP contribution >= 0.6 is 11.3 Å². The van der Waals surface area contributed by atoms with E-state index in [1.807, 2.05) is 0 Å². The number of benzene rings is 1. The molecular weight excluding hydrogens is 302 g/mol. The van der Waals surface area contributed by atoms with Gasteiger partial charge in [-0.1, -0.05) is 6.07 Å². The number of thiazole rings is 1. The number of carbonyl (C=O) groups is 2. The van der Waals surface area contributed by atoms with E-state index >= 15 is 0 Å². The number of hydrogen-bond acceptors (Lipinski definition) is 5. The monoisotopic (exact) mass is 317 g/mol. The number of carbonyl (C=O) groups excluding carboxylic acids is 2. The fraction of sp³-hybridized carbons (Fsp3) is 0.267. The number of nitrogens with one attached hydrogen (secondary N) is 2. The minimum absolute atomic E-state index is 0.171. The van der Waals surface area contributed by atoms with Crippen molar-refractivity contribution < 1.29 is 14.3 Å². The van der Waals surface area contributed by atoms with E-state index in [1.54, 1.807) is 35.8 Å². The molecular formula is C15H15N3O3S. The molecule has 1 aliphatic heterocycles. The zero-order chi connectivity index (χ0) is 15.4. The van der Waals surface area contributed by atoms with E-state index in [0.29, 0.717) is 23.0 Å². The van der Waals surface area contributed by atoms with Crippen LogP contribution in [0.2, 0.25) is 0 Å². The molecule has 2 amide bonds. The first kappa shape index (κ1) is 14.7. The van der Waals surface area contributed by atoms with Crippen molar-refractivity contribution in [3.63, 3.8) is 0 Å². The second kappa shape index (κ2) is 6.67. The van der Waals surface area contributed by atoms with Crippen LogP contribution in [0, 0.1) is 0 Å². The Balaban J connectivity index is 1.66. The summed E-state index contributed by atoms with van der Waals surface area (Å²) in [4.78, 5) is 28.1. The van der Waals surface area contributed by atoms with Crippen LogP contribution in [0.4, 0.5) is 10.8 Å². The predicted molar refractivity (Wildman–Crippen MR) is 84.1 cm³/mol. The van der Waals surface area contributed by atoms with Crippen molar-refractivity contribution >= 4 is 34.0 Å². The second-order valence-electron chi connectivity index (χ2n) is 4.86. The largest absolute Gasteiger partial charge is 0.368 e. The summed E-state index contributed by atoms with van der Waals surface area (Å²) in [6.45, 7) is 0.619. The van der Waals surface area contributed by atoms with Gasteiger partial charge in [0.25, 0.3) is 11.8 Å². The Hall–Kier alpha value is -2.25. The number of aromatic nitrogens is 1. The molecule has 1 aromatic heterocycles. The topological polar surface area (TPSA) is 80.3 Å². The van der Waals surface area contributed by atoms with Gasteiger partial charge in [-0.25, -0.2) is 4.98 Å². The van der Waals surface area contributed by atoms with Crippen LogP contribution in [0.3, 0.4) is 0 Å². The molecule has 1 aliphatic rings. The lowest BCUT2D eigenvalue weighted by atomic mass is 10.1. The summed E-state index contributed by atoms with van der Waals surface area (Å²) in [5.74, 6) is -0.432. The zero-order valence-corrected chi connectivity index (χ0v) is 12.6. The lowest BCUT2D eigenvalue weighted by Crippen LogP contribution is -2.27. The van der Waals surface area contributed by atoms with Crippen LogP contribution in [-0.4, -0.2) is 29.5 Å². The highest BCUT2D eigenvalue weighted by Crippen LogP contribution is 2.17. The number of anilines is 2. The van der Waals surface area contributed by atoms with Crippen LogP contribution in [0.15, 0.2) is 35.8 Å². The van der Waals surface area contributed by atoms with E-state index in [1.165, 1.54) is 11.3 Å². The van der Waals surface area contributed by atoms with Crippen molar-refractivity contribution in [2.75, 3.05) is 17.2 Å². The number of nitrogens with zero attached hydrogens (tertiary/aromatic N) is 1. The molecule has 0 unspecified atom stereocenters. The van der Waals surface area contributed by atoms with Gasteiger partial charge in [0.05, 0.1) is 0 Å². The van der Waals surface area contributed by atoms with E-state index in [4.69, 9.17) is 4.74 Å². The SMILES string of the molecule is O=C(Nc1nccs1)c1cccc(NC(=O)[C@@H]2CCCO2)c1. The average Bonchev–Trinajstić information content (AvgIpc) is 3.21. The van der Waals surface area contributed by atoms with Gasteiger partial charge < -0.3 is 10.1 Å². The van der Waals surface area contributed by atoms with E-state index in [2.05, 4.69) is 15.6 Å². The molecule has 0 aliphatic carbocycles. The van der Waals surface area contributed by atoms with Gasteiger partial charge in [0.15, 0.2) is 5.13 Å². The summed E-state index contributed by atoms with van der Waals surface area (Å²) in [7, 11) is 0. The van der Waals surface area contributed by atoms with Crippen molar-refractivity contribution in [2.45, 2.75) is 18.9 Å². The Morgan fingerprint density at radius 2 is 2.23 bits per heavy atom. The van der Waals surface area contributed by atoms with Gasteiger partial charge in [-0.3, -0.25) is 14.9 Å². The third-order valence-electron chi connectivity index (χ3n) is 3.27. The predicted octanol–water partition coefficient (Wildman–Crippen LogP) is 2.51.